The van der Waals surface area contributed by atoms with E-state index >= 15 is 0 Å². The number of carbonyl (C=O) groups is 1. The van der Waals surface area contributed by atoms with Gasteiger partial charge in [-0.25, -0.2) is 8.42 Å². The van der Waals surface area contributed by atoms with Crippen LogP contribution in [0.2, 0.25) is 0 Å². The summed E-state index contributed by atoms with van der Waals surface area (Å²) in [5.41, 5.74) is 9.11. The molecule has 1 saturated heterocycles. The number of nitrogen functional groups attached to an aromatic ring is 1. The molecule has 0 radical (unpaired) electrons. The molecule has 1 saturated carbocycles. The molecule has 1 amide bonds. The van der Waals surface area contributed by atoms with Gasteiger partial charge >= 0.3 is 0 Å². The van der Waals surface area contributed by atoms with Gasteiger partial charge in [0.1, 0.15) is 0 Å². The molecule has 2 aliphatic heterocycles. The van der Waals surface area contributed by atoms with E-state index in [-0.39, 0.29) is 41.9 Å². The highest BCUT2D eigenvalue weighted by Gasteiger charge is 2.39. The number of carbonyl (C=O) groups excluding carboxylic acids is 1. The van der Waals surface area contributed by atoms with Crippen LogP contribution in [-0.2, 0) is 21.1 Å². The first-order chi connectivity index (χ1) is 12.9. The lowest BCUT2D eigenvalue weighted by Crippen LogP contribution is -2.51. The van der Waals surface area contributed by atoms with Crippen LogP contribution in [0.25, 0.3) is 0 Å². The fraction of sp³-hybridized carbons (Fsp3) is 0.650. The Morgan fingerprint density at radius 3 is 2.57 bits per heavy atom. The van der Waals surface area contributed by atoms with Crippen LogP contribution in [-0.4, -0.2) is 55.9 Å². The third kappa shape index (κ3) is 4.25. The van der Waals surface area contributed by atoms with Gasteiger partial charge in [-0.1, -0.05) is 18.9 Å². The summed E-state index contributed by atoms with van der Waals surface area (Å²) in [6.45, 7) is 1.15. The van der Waals surface area contributed by atoms with E-state index in [9.17, 15) is 13.2 Å². The molecule has 2 fully saturated rings. The van der Waals surface area contributed by atoms with Crippen LogP contribution in [0.5, 0.6) is 0 Å². The summed E-state index contributed by atoms with van der Waals surface area (Å²) >= 11 is 0. The molecule has 28 heavy (non-hydrogen) atoms. The molecule has 0 bridgehead atoms. The molecule has 2 N–H and O–H groups in total. The Kier molecular flexibility index (Phi) is 6.44. The van der Waals surface area contributed by atoms with Gasteiger partial charge in [0.2, 0.25) is 5.91 Å². The zero-order chi connectivity index (χ0) is 19.0. The topological polar surface area (TPSA) is 83.7 Å². The van der Waals surface area contributed by atoms with Crippen LogP contribution in [0.4, 0.5) is 11.4 Å². The Hall–Kier alpha value is -1.47. The van der Waals surface area contributed by atoms with Crippen LogP contribution in [0.15, 0.2) is 18.2 Å². The summed E-state index contributed by atoms with van der Waals surface area (Å²) in [5, 5.41) is 0. The number of halogens is 1. The predicted molar refractivity (Wildman–Crippen MR) is 115 cm³/mol. The molecule has 6 nitrogen and oxygen atoms in total. The normalized spacial score (nSPS) is 23.9. The van der Waals surface area contributed by atoms with E-state index in [4.69, 9.17) is 5.73 Å². The summed E-state index contributed by atoms with van der Waals surface area (Å²) in [4.78, 5) is 17.4. The summed E-state index contributed by atoms with van der Waals surface area (Å²) in [5.74, 6) is 0.398. The van der Waals surface area contributed by atoms with Crippen LogP contribution in [0.1, 0.15) is 44.1 Å². The van der Waals surface area contributed by atoms with E-state index in [0.717, 1.165) is 62.0 Å². The van der Waals surface area contributed by atoms with E-state index in [1.807, 2.05) is 23.1 Å². The SMILES string of the molecule is Cl.Nc1cccc2c1CCCN2CC(=O)N(C1CCCC1)C1CCS(=O)(=O)C1. The lowest BCUT2D eigenvalue weighted by molar-refractivity contribution is -0.134. The molecule has 1 atom stereocenters. The van der Waals surface area contributed by atoms with Gasteiger partial charge < -0.3 is 15.5 Å². The van der Waals surface area contributed by atoms with E-state index in [0.29, 0.717) is 13.0 Å². The Bertz CT molecular complexity index is 824. The van der Waals surface area contributed by atoms with Crippen LogP contribution in [0, 0.1) is 0 Å². The van der Waals surface area contributed by atoms with Gasteiger partial charge in [0.25, 0.3) is 0 Å². The number of hydrogen-bond donors (Lipinski definition) is 1. The lowest BCUT2D eigenvalue weighted by atomic mass is 9.99. The van der Waals surface area contributed by atoms with Gasteiger partial charge in [-0.05, 0) is 49.8 Å². The molecule has 0 spiro atoms. The van der Waals surface area contributed by atoms with E-state index in [1.54, 1.807) is 0 Å². The maximum atomic E-state index is 13.3. The minimum absolute atomic E-state index is 0. The average molecular weight is 428 g/mol. The largest absolute Gasteiger partial charge is 0.398 e. The highest BCUT2D eigenvalue weighted by molar-refractivity contribution is 7.91. The summed E-state index contributed by atoms with van der Waals surface area (Å²) in [6, 6.07) is 5.93. The van der Waals surface area contributed by atoms with Crippen molar-refractivity contribution in [3.8, 4) is 0 Å². The number of nitrogens with zero attached hydrogens (tertiary/aromatic N) is 2. The first kappa shape index (κ1) is 21.2. The average Bonchev–Trinajstić information content (AvgIpc) is 3.26. The predicted octanol–water partition coefficient (Wildman–Crippen LogP) is 2.40. The third-order valence-electron chi connectivity index (χ3n) is 6.32. The molecular weight excluding hydrogens is 398 g/mol. The highest BCUT2D eigenvalue weighted by Crippen LogP contribution is 2.33. The second-order valence-corrected chi connectivity index (χ2v) is 10.4. The van der Waals surface area contributed by atoms with Crippen molar-refractivity contribution in [1.82, 2.24) is 4.90 Å². The Balaban J connectivity index is 0.00000225. The monoisotopic (exact) mass is 427 g/mol. The Morgan fingerprint density at radius 1 is 1.14 bits per heavy atom. The molecular formula is C20H30ClN3O3S. The summed E-state index contributed by atoms with van der Waals surface area (Å²) < 4.78 is 24.0. The quantitative estimate of drug-likeness (QED) is 0.746. The second-order valence-electron chi connectivity index (χ2n) is 8.17. The van der Waals surface area contributed by atoms with Crippen LogP contribution in [0.3, 0.4) is 0 Å². The van der Waals surface area contributed by atoms with Gasteiger partial charge in [-0.15, -0.1) is 12.4 Å². The molecule has 1 aromatic rings. The highest BCUT2D eigenvalue weighted by atomic mass is 35.5. The van der Waals surface area contributed by atoms with Crippen LogP contribution >= 0.6 is 12.4 Å². The molecule has 4 rings (SSSR count). The van der Waals surface area contributed by atoms with Gasteiger partial charge in [-0.2, -0.15) is 0 Å². The Morgan fingerprint density at radius 2 is 1.89 bits per heavy atom. The third-order valence-corrected chi connectivity index (χ3v) is 8.07. The van der Waals surface area contributed by atoms with Crippen molar-refractivity contribution in [2.24, 2.45) is 0 Å². The number of amides is 1. The number of benzene rings is 1. The second kappa shape index (κ2) is 8.49. The number of hydrogen-bond acceptors (Lipinski definition) is 5. The number of rotatable bonds is 4. The molecule has 156 valence electrons. The van der Waals surface area contributed by atoms with Crippen molar-refractivity contribution in [3.63, 3.8) is 0 Å². The molecule has 3 aliphatic rings. The van der Waals surface area contributed by atoms with Crippen molar-refractivity contribution in [3.05, 3.63) is 23.8 Å². The first-order valence-corrected chi connectivity index (χ1v) is 11.9. The Labute approximate surface area is 173 Å². The zero-order valence-corrected chi connectivity index (χ0v) is 17.8. The van der Waals surface area contributed by atoms with E-state index in [1.165, 1.54) is 0 Å². The van der Waals surface area contributed by atoms with E-state index in [2.05, 4.69) is 4.90 Å². The van der Waals surface area contributed by atoms with Crippen LogP contribution < -0.4 is 10.6 Å². The minimum Gasteiger partial charge on any atom is -0.398 e. The van der Waals surface area contributed by atoms with Crippen molar-refractivity contribution in [2.75, 3.05) is 35.2 Å². The van der Waals surface area contributed by atoms with Gasteiger partial charge in [-0.3, -0.25) is 4.79 Å². The van der Waals surface area contributed by atoms with Crippen molar-refractivity contribution in [1.29, 1.82) is 0 Å². The molecule has 1 aromatic carbocycles. The zero-order valence-electron chi connectivity index (χ0n) is 16.2. The fourth-order valence-electron chi connectivity index (χ4n) is 5.02. The molecule has 1 aliphatic carbocycles. The number of nitrogens with two attached hydrogens (primary N) is 1. The number of fused-ring (bicyclic) bond motifs is 1. The fourth-order valence-corrected chi connectivity index (χ4v) is 6.73. The molecule has 0 aromatic heterocycles. The van der Waals surface area contributed by atoms with Gasteiger partial charge in [0.15, 0.2) is 9.84 Å². The summed E-state index contributed by atoms with van der Waals surface area (Å²) in [7, 11) is -3.01. The lowest BCUT2D eigenvalue weighted by Gasteiger charge is -2.38. The van der Waals surface area contributed by atoms with Gasteiger partial charge in [0.05, 0.1) is 18.1 Å². The number of anilines is 2. The standard InChI is InChI=1S/C20H29N3O3S.ClH/c21-18-8-3-9-19-17(18)7-4-11-22(19)13-20(24)23(15-5-1-2-6-15)16-10-12-27(25,26)14-16;/h3,8-9,15-16H,1-2,4-7,10-14,21H2;1H. The first-order valence-electron chi connectivity index (χ1n) is 10.1. The number of sulfone groups is 1. The molecule has 1 unspecified atom stereocenters. The maximum absolute atomic E-state index is 13.3. The minimum atomic E-state index is -3.01. The molecule has 2 heterocycles. The summed E-state index contributed by atoms with van der Waals surface area (Å²) in [6.07, 6.45) is 6.73. The van der Waals surface area contributed by atoms with Gasteiger partial charge in [0, 0.05) is 30.0 Å². The van der Waals surface area contributed by atoms with Crippen molar-refractivity contribution >= 4 is 39.5 Å². The van der Waals surface area contributed by atoms with Crippen molar-refractivity contribution < 1.29 is 13.2 Å². The van der Waals surface area contributed by atoms with E-state index < -0.39 is 9.84 Å². The molecule has 8 heteroatoms. The maximum Gasteiger partial charge on any atom is 0.242 e. The smallest absolute Gasteiger partial charge is 0.242 e. The van der Waals surface area contributed by atoms with Crippen molar-refractivity contribution in [2.45, 2.75) is 57.0 Å².